The molecule has 0 unspecified atom stereocenters. The van der Waals surface area contributed by atoms with Gasteiger partial charge < -0.3 is 19.9 Å². The van der Waals surface area contributed by atoms with Gasteiger partial charge in [-0.25, -0.2) is 0 Å². The molecule has 0 atom stereocenters. The molecule has 0 aliphatic carbocycles. The second-order valence-corrected chi connectivity index (χ2v) is 5.63. The van der Waals surface area contributed by atoms with Gasteiger partial charge in [0.1, 0.15) is 5.75 Å². The van der Waals surface area contributed by atoms with Crippen molar-refractivity contribution >= 4 is 11.6 Å². The summed E-state index contributed by atoms with van der Waals surface area (Å²) in [5.74, 6) is 1.84. The Balaban J connectivity index is 1.57. The molecule has 1 aliphatic rings. The fourth-order valence-corrected chi connectivity index (χ4v) is 2.94. The summed E-state index contributed by atoms with van der Waals surface area (Å²) in [5.41, 5.74) is 2.20. The van der Waals surface area contributed by atoms with E-state index in [1.165, 1.54) is 0 Å². The highest BCUT2D eigenvalue weighted by Crippen LogP contribution is 2.28. The molecule has 128 valence electrons. The Hall–Kier alpha value is -2.70. The van der Waals surface area contributed by atoms with Gasteiger partial charge in [0.05, 0.1) is 25.0 Å². The summed E-state index contributed by atoms with van der Waals surface area (Å²) >= 11 is 0. The standard InChI is InChI=1S/C17H24N6O/c1-18-17(19-13-14-7-8-20-21-14)23-11-9-22(10-12-23)15-5-3-4-6-16(15)24-2/h3-8H,9-13H2,1-2H3,(H,18,19)(H,20,21). The van der Waals surface area contributed by atoms with Crippen LogP contribution in [0.1, 0.15) is 5.69 Å². The van der Waals surface area contributed by atoms with E-state index < -0.39 is 0 Å². The predicted molar refractivity (Wildman–Crippen MR) is 95.6 cm³/mol. The largest absolute Gasteiger partial charge is 0.495 e. The minimum atomic E-state index is 0.694. The Morgan fingerprint density at radius 3 is 2.71 bits per heavy atom. The van der Waals surface area contributed by atoms with Crippen molar-refractivity contribution in [3.05, 3.63) is 42.2 Å². The van der Waals surface area contributed by atoms with Crippen LogP contribution in [-0.4, -0.2) is 61.4 Å². The second kappa shape index (κ2) is 7.72. The lowest BCUT2D eigenvalue weighted by atomic mass is 10.2. The number of hydrogen-bond donors (Lipinski definition) is 2. The van der Waals surface area contributed by atoms with Crippen LogP contribution in [0.2, 0.25) is 0 Å². The lowest BCUT2D eigenvalue weighted by molar-refractivity contribution is 0.367. The fourth-order valence-electron chi connectivity index (χ4n) is 2.94. The van der Waals surface area contributed by atoms with Gasteiger partial charge in [-0.2, -0.15) is 5.10 Å². The summed E-state index contributed by atoms with van der Waals surface area (Å²) in [6.45, 7) is 4.40. The second-order valence-electron chi connectivity index (χ2n) is 5.63. The normalized spacial score (nSPS) is 15.5. The third-order valence-corrected chi connectivity index (χ3v) is 4.21. The van der Waals surface area contributed by atoms with Crippen molar-refractivity contribution in [2.75, 3.05) is 45.2 Å². The van der Waals surface area contributed by atoms with Crippen LogP contribution >= 0.6 is 0 Å². The maximum Gasteiger partial charge on any atom is 0.194 e. The van der Waals surface area contributed by atoms with Gasteiger partial charge in [-0.1, -0.05) is 12.1 Å². The number of nitrogens with zero attached hydrogens (tertiary/aromatic N) is 4. The Bertz CT molecular complexity index is 661. The third-order valence-electron chi connectivity index (χ3n) is 4.21. The molecule has 1 aliphatic heterocycles. The number of H-pyrrole nitrogens is 1. The number of aromatic nitrogens is 2. The van der Waals surface area contributed by atoms with E-state index in [1.807, 2.05) is 25.2 Å². The molecule has 0 amide bonds. The number of piperazine rings is 1. The molecule has 2 aromatic rings. The summed E-state index contributed by atoms with van der Waals surface area (Å²) in [6, 6.07) is 10.1. The molecule has 1 aromatic heterocycles. The summed E-state index contributed by atoms with van der Waals surface area (Å²) < 4.78 is 5.47. The molecule has 7 nitrogen and oxygen atoms in total. The summed E-state index contributed by atoms with van der Waals surface area (Å²) in [5, 5.41) is 10.3. The average molecular weight is 328 g/mol. The number of hydrogen-bond acceptors (Lipinski definition) is 4. The van der Waals surface area contributed by atoms with Gasteiger partial charge in [0, 0.05) is 39.4 Å². The van der Waals surface area contributed by atoms with Crippen LogP contribution in [0.3, 0.4) is 0 Å². The summed E-state index contributed by atoms with van der Waals surface area (Å²) in [6.07, 6.45) is 1.76. The van der Waals surface area contributed by atoms with Gasteiger partial charge in [0.25, 0.3) is 0 Å². The molecular weight excluding hydrogens is 304 g/mol. The van der Waals surface area contributed by atoms with E-state index >= 15 is 0 Å². The number of ether oxygens (including phenoxy) is 1. The lowest BCUT2D eigenvalue weighted by Gasteiger charge is -2.38. The van der Waals surface area contributed by atoms with Crippen molar-refractivity contribution in [3.8, 4) is 5.75 Å². The Labute approximate surface area is 142 Å². The maximum atomic E-state index is 5.47. The highest BCUT2D eigenvalue weighted by atomic mass is 16.5. The molecule has 1 aromatic carbocycles. The molecule has 0 bridgehead atoms. The van der Waals surface area contributed by atoms with Crippen molar-refractivity contribution < 1.29 is 4.74 Å². The number of anilines is 1. The van der Waals surface area contributed by atoms with E-state index in [-0.39, 0.29) is 0 Å². The molecule has 1 fully saturated rings. The Morgan fingerprint density at radius 1 is 1.25 bits per heavy atom. The zero-order chi connectivity index (χ0) is 16.8. The first-order valence-corrected chi connectivity index (χ1v) is 8.13. The van der Waals surface area contributed by atoms with Gasteiger partial charge in [-0.05, 0) is 18.2 Å². The van der Waals surface area contributed by atoms with Crippen LogP contribution in [0.15, 0.2) is 41.5 Å². The topological polar surface area (TPSA) is 68.8 Å². The van der Waals surface area contributed by atoms with Crippen LogP contribution in [0.4, 0.5) is 5.69 Å². The summed E-state index contributed by atoms with van der Waals surface area (Å²) in [4.78, 5) is 9.04. The molecule has 0 spiro atoms. The van der Waals surface area contributed by atoms with E-state index in [4.69, 9.17) is 4.74 Å². The van der Waals surface area contributed by atoms with Gasteiger partial charge in [0.2, 0.25) is 0 Å². The van der Waals surface area contributed by atoms with Crippen molar-refractivity contribution in [1.82, 2.24) is 20.4 Å². The molecule has 3 rings (SSSR count). The molecule has 24 heavy (non-hydrogen) atoms. The van der Waals surface area contributed by atoms with Crippen molar-refractivity contribution in [3.63, 3.8) is 0 Å². The van der Waals surface area contributed by atoms with Crippen LogP contribution in [0.5, 0.6) is 5.75 Å². The van der Waals surface area contributed by atoms with Gasteiger partial charge >= 0.3 is 0 Å². The molecule has 2 N–H and O–H groups in total. The van der Waals surface area contributed by atoms with Crippen LogP contribution in [0, 0.1) is 0 Å². The van der Waals surface area contributed by atoms with Crippen molar-refractivity contribution in [1.29, 1.82) is 0 Å². The average Bonchev–Trinajstić information content (AvgIpc) is 3.16. The lowest BCUT2D eigenvalue weighted by Crippen LogP contribution is -2.52. The molecule has 7 heteroatoms. The smallest absolute Gasteiger partial charge is 0.194 e. The number of para-hydroxylation sites is 2. The van der Waals surface area contributed by atoms with Crippen LogP contribution in [-0.2, 0) is 6.54 Å². The molecular formula is C17H24N6O. The zero-order valence-electron chi connectivity index (χ0n) is 14.2. The number of methoxy groups -OCH3 is 1. The minimum absolute atomic E-state index is 0.694. The van der Waals surface area contributed by atoms with E-state index in [9.17, 15) is 0 Å². The number of nitrogens with one attached hydrogen (secondary N) is 2. The van der Waals surface area contributed by atoms with Crippen LogP contribution in [0.25, 0.3) is 0 Å². The highest BCUT2D eigenvalue weighted by molar-refractivity contribution is 5.80. The van der Waals surface area contributed by atoms with E-state index in [1.54, 1.807) is 13.3 Å². The maximum absolute atomic E-state index is 5.47. The number of rotatable bonds is 4. The SMILES string of the molecule is CN=C(NCc1ccn[nH]1)N1CCN(c2ccccc2OC)CC1. The summed E-state index contributed by atoms with van der Waals surface area (Å²) in [7, 11) is 3.54. The number of benzene rings is 1. The predicted octanol–water partition coefficient (Wildman–Crippen LogP) is 1.32. The molecule has 0 saturated carbocycles. The number of aliphatic imine (C=N–C) groups is 1. The monoisotopic (exact) mass is 328 g/mol. The third kappa shape index (κ3) is 3.61. The molecule has 1 saturated heterocycles. The van der Waals surface area contributed by atoms with E-state index in [0.717, 1.165) is 49.3 Å². The zero-order valence-corrected chi connectivity index (χ0v) is 14.2. The Kier molecular flexibility index (Phi) is 5.20. The molecule has 2 heterocycles. The van der Waals surface area contributed by atoms with Crippen molar-refractivity contribution in [2.45, 2.75) is 6.54 Å². The highest BCUT2D eigenvalue weighted by Gasteiger charge is 2.21. The van der Waals surface area contributed by atoms with Gasteiger partial charge in [-0.3, -0.25) is 10.1 Å². The Morgan fingerprint density at radius 2 is 2.04 bits per heavy atom. The van der Waals surface area contributed by atoms with E-state index in [0.29, 0.717) is 6.54 Å². The van der Waals surface area contributed by atoms with Crippen molar-refractivity contribution in [2.24, 2.45) is 4.99 Å². The van der Waals surface area contributed by atoms with E-state index in [2.05, 4.69) is 42.4 Å². The quantitative estimate of drug-likeness (QED) is 0.654. The first-order chi connectivity index (χ1) is 11.8. The minimum Gasteiger partial charge on any atom is -0.495 e. The van der Waals surface area contributed by atoms with Gasteiger partial charge in [0.15, 0.2) is 5.96 Å². The number of aromatic amines is 1. The van der Waals surface area contributed by atoms with Gasteiger partial charge in [-0.15, -0.1) is 0 Å². The first kappa shape index (κ1) is 16.2. The fraction of sp³-hybridized carbons (Fsp3) is 0.412. The first-order valence-electron chi connectivity index (χ1n) is 8.13. The number of guanidine groups is 1. The van der Waals surface area contributed by atoms with Crippen LogP contribution < -0.4 is 15.0 Å². The molecule has 0 radical (unpaired) electrons.